The molecule has 0 saturated heterocycles. The molecule has 6 heteroatoms. The molecule has 0 bridgehead atoms. The summed E-state index contributed by atoms with van der Waals surface area (Å²) in [5.74, 6) is -0.382. The first-order valence-electron chi connectivity index (χ1n) is 4.57. The van der Waals surface area contributed by atoms with Crippen molar-refractivity contribution in [2.75, 3.05) is 6.61 Å². The zero-order valence-electron chi connectivity index (χ0n) is 8.40. The normalized spacial score (nSPS) is 10.4. The van der Waals surface area contributed by atoms with Crippen LogP contribution in [0.5, 0.6) is 0 Å². The fourth-order valence-corrected chi connectivity index (χ4v) is 3.05. The largest absolute Gasteiger partial charge is 0.461 e. The Labute approximate surface area is 106 Å². The third-order valence-electron chi connectivity index (χ3n) is 1.77. The lowest BCUT2D eigenvalue weighted by atomic mass is 10.4. The number of hydrogen-bond acceptors (Lipinski definition) is 5. The molecule has 2 heterocycles. The molecular formula is C10H8ClNO2S2. The number of carbonyl (C=O) groups excluding carboxylic acids is 1. The van der Waals surface area contributed by atoms with Gasteiger partial charge in [-0.1, -0.05) is 11.6 Å². The number of carbonyl (C=O) groups is 1. The van der Waals surface area contributed by atoms with Crippen LogP contribution in [-0.2, 0) is 4.74 Å². The highest BCUT2D eigenvalue weighted by molar-refractivity contribution is 7.20. The number of esters is 1. The van der Waals surface area contributed by atoms with E-state index >= 15 is 0 Å². The van der Waals surface area contributed by atoms with Crippen LogP contribution in [0.25, 0.3) is 9.88 Å². The van der Waals surface area contributed by atoms with Gasteiger partial charge in [0.05, 0.1) is 16.5 Å². The van der Waals surface area contributed by atoms with Crippen molar-refractivity contribution < 1.29 is 9.53 Å². The van der Waals surface area contributed by atoms with Gasteiger partial charge in [-0.05, 0) is 13.0 Å². The Morgan fingerprint density at radius 1 is 1.50 bits per heavy atom. The molecule has 84 valence electrons. The first-order chi connectivity index (χ1) is 7.70. The molecule has 0 fully saturated rings. The van der Waals surface area contributed by atoms with Crippen LogP contribution < -0.4 is 0 Å². The lowest BCUT2D eigenvalue weighted by Gasteiger charge is -1.95. The van der Waals surface area contributed by atoms with Crippen molar-refractivity contribution in [3.63, 3.8) is 0 Å². The molecule has 0 aromatic carbocycles. The number of aromatic nitrogens is 1. The van der Waals surface area contributed by atoms with Gasteiger partial charge in [-0.25, -0.2) is 9.78 Å². The van der Waals surface area contributed by atoms with Crippen molar-refractivity contribution in [1.29, 1.82) is 0 Å². The molecular weight excluding hydrogens is 266 g/mol. The molecule has 0 aliphatic carbocycles. The summed E-state index contributed by atoms with van der Waals surface area (Å²) in [5.41, 5.74) is 0.353. The third kappa shape index (κ3) is 2.42. The van der Waals surface area contributed by atoms with Gasteiger partial charge in [-0.2, -0.15) is 0 Å². The van der Waals surface area contributed by atoms with Crippen LogP contribution in [-0.4, -0.2) is 17.6 Å². The van der Waals surface area contributed by atoms with Crippen LogP contribution in [0.15, 0.2) is 16.8 Å². The van der Waals surface area contributed by atoms with Gasteiger partial charge in [-0.15, -0.1) is 22.7 Å². The third-order valence-corrected chi connectivity index (χ3v) is 4.06. The van der Waals surface area contributed by atoms with E-state index in [1.807, 2.05) is 11.4 Å². The van der Waals surface area contributed by atoms with Gasteiger partial charge in [0, 0.05) is 10.8 Å². The minimum atomic E-state index is -0.382. The van der Waals surface area contributed by atoms with E-state index in [1.54, 1.807) is 12.3 Å². The Bertz CT molecular complexity index is 506. The van der Waals surface area contributed by atoms with Crippen LogP contribution in [0, 0.1) is 0 Å². The molecule has 0 radical (unpaired) electrons. The average molecular weight is 274 g/mol. The molecule has 0 N–H and O–H groups in total. The van der Waals surface area contributed by atoms with Crippen LogP contribution in [0.1, 0.15) is 17.4 Å². The first kappa shape index (κ1) is 11.6. The highest BCUT2D eigenvalue weighted by atomic mass is 35.5. The molecule has 0 aliphatic heterocycles. The molecule has 2 aromatic heterocycles. The summed E-state index contributed by atoms with van der Waals surface area (Å²) >= 11 is 8.74. The van der Waals surface area contributed by atoms with E-state index in [4.69, 9.17) is 16.3 Å². The summed E-state index contributed by atoms with van der Waals surface area (Å²) < 4.78 is 4.86. The smallest absolute Gasteiger partial charge is 0.357 e. The molecule has 0 saturated carbocycles. The van der Waals surface area contributed by atoms with Gasteiger partial charge in [0.1, 0.15) is 5.01 Å². The van der Waals surface area contributed by atoms with E-state index in [-0.39, 0.29) is 5.97 Å². The van der Waals surface area contributed by atoms with E-state index in [2.05, 4.69) is 4.98 Å². The number of halogens is 1. The Balaban J connectivity index is 2.22. The Morgan fingerprint density at radius 3 is 2.94 bits per heavy atom. The summed E-state index contributed by atoms with van der Waals surface area (Å²) in [5, 5.41) is 5.01. The molecule has 2 aromatic rings. The molecule has 2 rings (SSSR count). The van der Waals surface area contributed by atoms with Gasteiger partial charge >= 0.3 is 5.97 Å². The zero-order chi connectivity index (χ0) is 11.5. The molecule has 0 unspecified atom stereocenters. The monoisotopic (exact) mass is 273 g/mol. The summed E-state index contributed by atoms with van der Waals surface area (Å²) in [6.07, 6.45) is 0. The summed E-state index contributed by atoms with van der Waals surface area (Å²) in [7, 11) is 0. The number of rotatable bonds is 3. The fourth-order valence-electron chi connectivity index (χ4n) is 1.11. The molecule has 16 heavy (non-hydrogen) atoms. The summed E-state index contributed by atoms with van der Waals surface area (Å²) in [6.45, 7) is 2.13. The van der Waals surface area contributed by atoms with Gasteiger partial charge in [0.25, 0.3) is 0 Å². The molecule has 0 spiro atoms. The number of thiazole rings is 1. The van der Waals surface area contributed by atoms with E-state index in [0.29, 0.717) is 17.3 Å². The van der Waals surface area contributed by atoms with E-state index < -0.39 is 0 Å². The maximum atomic E-state index is 11.4. The zero-order valence-corrected chi connectivity index (χ0v) is 10.8. The molecule has 0 aliphatic rings. The fraction of sp³-hybridized carbons (Fsp3) is 0.200. The van der Waals surface area contributed by atoms with Crippen molar-refractivity contribution in [3.8, 4) is 9.88 Å². The standard InChI is InChI=1S/C10H8ClNO2S2/c1-2-14-10(13)7-5-16-9(12-7)8-3-6(11)4-15-8/h3-5H,2H2,1H3. The van der Waals surface area contributed by atoms with Crippen LogP contribution in [0.4, 0.5) is 0 Å². The molecule has 3 nitrogen and oxygen atoms in total. The number of thiophene rings is 1. The summed E-state index contributed by atoms with van der Waals surface area (Å²) in [6, 6.07) is 1.83. The summed E-state index contributed by atoms with van der Waals surface area (Å²) in [4.78, 5) is 16.6. The Kier molecular flexibility index (Phi) is 3.58. The minimum absolute atomic E-state index is 0.353. The lowest BCUT2D eigenvalue weighted by Crippen LogP contribution is -2.04. The Hall–Kier alpha value is -0.910. The van der Waals surface area contributed by atoms with Gasteiger partial charge in [0.2, 0.25) is 0 Å². The predicted molar refractivity (Wildman–Crippen MR) is 66.4 cm³/mol. The van der Waals surface area contributed by atoms with E-state index in [1.165, 1.54) is 22.7 Å². The number of ether oxygens (including phenoxy) is 1. The first-order valence-corrected chi connectivity index (χ1v) is 6.71. The second kappa shape index (κ2) is 4.95. The highest BCUT2D eigenvalue weighted by Gasteiger charge is 2.13. The SMILES string of the molecule is CCOC(=O)c1csc(-c2cc(Cl)cs2)n1. The second-order valence-electron chi connectivity index (χ2n) is 2.89. The van der Waals surface area contributed by atoms with Gasteiger partial charge in [-0.3, -0.25) is 0 Å². The molecule has 0 atom stereocenters. The average Bonchev–Trinajstić information content (AvgIpc) is 2.85. The van der Waals surface area contributed by atoms with Crippen molar-refractivity contribution in [2.45, 2.75) is 6.92 Å². The Morgan fingerprint density at radius 2 is 2.31 bits per heavy atom. The quantitative estimate of drug-likeness (QED) is 0.801. The van der Waals surface area contributed by atoms with E-state index in [0.717, 1.165) is 9.88 Å². The van der Waals surface area contributed by atoms with Crippen molar-refractivity contribution in [3.05, 3.63) is 27.5 Å². The van der Waals surface area contributed by atoms with Crippen molar-refractivity contribution in [1.82, 2.24) is 4.98 Å². The number of hydrogen-bond donors (Lipinski definition) is 0. The predicted octanol–water partition coefficient (Wildman–Crippen LogP) is 3.70. The maximum absolute atomic E-state index is 11.4. The number of nitrogens with zero attached hydrogens (tertiary/aromatic N) is 1. The van der Waals surface area contributed by atoms with Crippen LogP contribution in [0.3, 0.4) is 0 Å². The van der Waals surface area contributed by atoms with Gasteiger partial charge < -0.3 is 4.74 Å². The van der Waals surface area contributed by atoms with Crippen molar-refractivity contribution in [2.24, 2.45) is 0 Å². The maximum Gasteiger partial charge on any atom is 0.357 e. The van der Waals surface area contributed by atoms with Crippen molar-refractivity contribution >= 4 is 40.2 Å². The van der Waals surface area contributed by atoms with Crippen LogP contribution in [0.2, 0.25) is 5.02 Å². The minimum Gasteiger partial charge on any atom is -0.461 e. The topological polar surface area (TPSA) is 39.2 Å². The van der Waals surface area contributed by atoms with Gasteiger partial charge in [0.15, 0.2) is 5.69 Å². The second-order valence-corrected chi connectivity index (χ2v) is 5.09. The lowest BCUT2D eigenvalue weighted by molar-refractivity contribution is 0.0520. The molecule has 0 amide bonds. The highest BCUT2D eigenvalue weighted by Crippen LogP contribution is 2.31. The van der Waals surface area contributed by atoms with Crippen LogP contribution >= 0.6 is 34.3 Å². The van der Waals surface area contributed by atoms with E-state index in [9.17, 15) is 4.79 Å².